The second kappa shape index (κ2) is 13.1. The van der Waals surface area contributed by atoms with E-state index < -0.39 is 10.1 Å². The molecule has 4 aromatic carbocycles. The van der Waals surface area contributed by atoms with Gasteiger partial charge in [-0.25, -0.2) is 0 Å². The Morgan fingerprint density at radius 1 is 0.829 bits per heavy atom. The van der Waals surface area contributed by atoms with Gasteiger partial charge in [0.1, 0.15) is 5.75 Å². The molecule has 0 aliphatic carbocycles. The predicted octanol–water partition coefficient (Wildman–Crippen LogP) is 6.29. The molecule has 10 nitrogen and oxygen atoms in total. The van der Waals surface area contributed by atoms with Gasteiger partial charge in [-0.2, -0.15) is 18.1 Å². The van der Waals surface area contributed by atoms with Crippen LogP contribution in [0.15, 0.2) is 129 Å². The first-order valence-corrected chi connectivity index (χ1v) is 14.3. The number of pyridine rings is 1. The number of aromatic hydroxyl groups is 2. The number of phenolic OH excluding ortho intramolecular Hbond substituents is 1. The Labute approximate surface area is 244 Å². The molecule has 41 heavy (non-hydrogen) atoms. The minimum Gasteiger partial charge on any atom is -0.507 e. The van der Waals surface area contributed by atoms with Crippen molar-refractivity contribution in [3.05, 3.63) is 114 Å². The predicted molar refractivity (Wildman–Crippen MR) is 157 cm³/mol. The fourth-order valence-electron chi connectivity index (χ4n) is 3.66. The average Bonchev–Trinajstić information content (AvgIpc) is 2.94. The third-order valence-corrected chi connectivity index (χ3v) is 6.98. The van der Waals surface area contributed by atoms with E-state index in [9.17, 15) is 23.4 Å². The maximum absolute atomic E-state index is 11.8. The first kappa shape index (κ1) is 29.3. The molecule has 12 heteroatoms. The number of fused-ring (bicyclic) bond motifs is 1. The quantitative estimate of drug-likeness (QED) is 0.0977. The van der Waals surface area contributed by atoms with Crippen LogP contribution in [-0.2, 0) is 21.5 Å². The molecule has 5 aromatic rings. The van der Waals surface area contributed by atoms with Crippen LogP contribution in [0.2, 0.25) is 0 Å². The zero-order valence-electron chi connectivity index (χ0n) is 21.3. The summed E-state index contributed by atoms with van der Waals surface area (Å²) >= 11 is 3.33. The summed E-state index contributed by atoms with van der Waals surface area (Å²) in [4.78, 5) is 11.6. The van der Waals surface area contributed by atoms with Gasteiger partial charge in [0, 0.05) is 27.0 Å². The van der Waals surface area contributed by atoms with Crippen molar-refractivity contribution in [2.75, 3.05) is 5.32 Å². The van der Waals surface area contributed by atoms with Crippen molar-refractivity contribution in [3.63, 3.8) is 0 Å². The van der Waals surface area contributed by atoms with Gasteiger partial charge in [-0.3, -0.25) is 9.35 Å². The van der Waals surface area contributed by atoms with E-state index in [-0.39, 0.29) is 28.8 Å². The molecule has 0 radical (unpaired) electrons. The number of azo groups is 1. The van der Waals surface area contributed by atoms with E-state index in [4.69, 9.17) is 4.55 Å². The number of hydrogen-bond donors (Lipinski definition) is 4. The third-order valence-electron chi connectivity index (χ3n) is 5.58. The van der Waals surface area contributed by atoms with Gasteiger partial charge in [-0.15, -0.1) is 5.11 Å². The summed E-state index contributed by atoms with van der Waals surface area (Å²) in [5, 5.41) is 31.5. The minimum atomic E-state index is -4.22. The second-order valence-corrected chi connectivity index (χ2v) is 10.9. The van der Waals surface area contributed by atoms with Crippen molar-refractivity contribution in [2.24, 2.45) is 10.2 Å². The fourth-order valence-corrected chi connectivity index (χ4v) is 4.40. The number of nitrogens with zero attached hydrogens (tertiary/aromatic N) is 3. The van der Waals surface area contributed by atoms with Gasteiger partial charge in [-0.1, -0.05) is 40.2 Å². The van der Waals surface area contributed by atoms with Crippen molar-refractivity contribution in [1.82, 2.24) is 0 Å². The van der Waals surface area contributed by atoms with Crippen LogP contribution in [0.1, 0.15) is 0 Å². The van der Waals surface area contributed by atoms with Crippen molar-refractivity contribution in [3.8, 4) is 11.5 Å². The summed E-state index contributed by atoms with van der Waals surface area (Å²) in [5.41, 5.74) is 1.76. The lowest BCUT2D eigenvalue weighted by Crippen LogP contribution is -2.39. The molecular formula is C29H24BrN4O6S+. The number of hydrogen-bond acceptors (Lipinski definition) is 7. The number of anilines is 1. The SMILES string of the molecule is O=C(C[n+]1cccc(O)c1)Nc1ccc(Br)cc1.O=S(=O)(O)c1ccc(N=Nc2ccc(O)c3ccccc23)cc1. The summed E-state index contributed by atoms with van der Waals surface area (Å²) in [6, 6.07) is 26.4. The van der Waals surface area contributed by atoms with Crippen molar-refractivity contribution < 1.29 is 32.5 Å². The Bertz CT molecular complexity index is 1810. The van der Waals surface area contributed by atoms with Gasteiger partial charge in [-0.05, 0) is 66.7 Å². The Kier molecular flexibility index (Phi) is 9.40. The monoisotopic (exact) mass is 635 g/mol. The largest absolute Gasteiger partial charge is 0.507 e. The van der Waals surface area contributed by atoms with Crippen LogP contribution in [0.25, 0.3) is 10.8 Å². The molecule has 0 saturated carbocycles. The molecule has 0 bridgehead atoms. The van der Waals surface area contributed by atoms with Crippen LogP contribution in [0.5, 0.6) is 11.5 Å². The number of phenols is 1. The Hall–Kier alpha value is -4.65. The summed E-state index contributed by atoms with van der Waals surface area (Å²) in [7, 11) is -4.22. The molecule has 0 fully saturated rings. The number of rotatable bonds is 6. The summed E-state index contributed by atoms with van der Waals surface area (Å²) in [6.07, 6.45) is 3.22. The molecule has 0 aliphatic heterocycles. The molecule has 0 atom stereocenters. The van der Waals surface area contributed by atoms with Crippen LogP contribution in [0, 0.1) is 0 Å². The number of amides is 1. The molecule has 5 rings (SSSR count). The lowest BCUT2D eigenvalue weighted by atomic mass is 10.1. The number of carbonyl (C=O) groups excluding carboxylic acids is 1. The van der Waals surface area contributed by atoms with Crippen LogP contribution < -0.4 is 9.88 Å². The molecule has 4 N–H and O–H groups in total. The Balaban J connectivity index is 0.000000195. The molecule has 0 spiro atoms. The number of aromatic nitrogens is 1. The third kappa shape index (κ3) is 8.42. The minimum absolute atomic E-state index is 0.133. The van der Waals surface area contributed by atoms with E-state index in [1.54, 1.807) is 35.0 Å². The highest BCUT2D eigenvalue weighted by Crippen LogP contribution is 2.33. The zero-order valence-corrected chi connectivity index (χ0v) is 23.7. The Morgan fingerprint density at radius 2 is 1.51 bits per heavy atom. The summed E-state index contributed by atoms with van der Waals surface area (Å²) in [6.45, 7) is 0.157. The van der Waals surface area contributed by atoms with E-state index in [2.05, 4.69) is 31.5 Å². The fraction of sp³-hybridized carbons (Fsp3) is 0.0345. The van der Waals surface area contributed by atoms with Gasteiger partial charge < -0.3 is 15.5 Å². The van der Waals surface area contributed by atoms with E-state index in [0.29, 0.717) is 16.8 Å². The molecule has 1 amide bonds. The van der Waals surface area contributed by atoms with Crippen LogP contribution in [0.3, 0.4) is 0 Å². The average molecular weight is 637 g/mol. The second-order valence-electron chi connectivity index (χ2n) is 8.61. The van der Waals surface area contributed by atoms with Crippen LogP contribution >= 0.6 is 15.9 Å². The standard InChI is InChI=1S/C16H12N2O4S.C13H11BrN2O2/c19-16-10-9-15(13-3-1-2-4-14(13)16)18-17-11-5-7-12(8-6-11)23(20,21)22;14-10-3-5-11(6-4-10)15-13(18)9-16-7-1-2-12(17)8-16/h1-10,19H,(H,20,21,22);1-8H,9H2,(H-,15,17,18)/p+1. The lowest BCUT2D eigenvalue weighted by Gasteiger charge is -2.03. The first-order valence-electron chi connectivity index (χ1n) is 12.0. The number of nitrogens with one attached hydrogen (secondary N) is 1. The summed E-state index contributed by atoms with van der Waals surface area (Å²) in [5.74, 6) is 0.152. The number of carbonyl (C=O) groups is 1. The first-order chi connectivity index (χ1) is 19.6. The molecule has 208 valence electrons. The zero-order chi connectivity index (χ0) is 29.4. The number of halogens is 1. The van der Waals surface area contributed by atoms with Crippen molar-refractivity contribution in [2.45, 2.75) is 11.4 Å². The van der Waals surface area contributed by atoms with Crippen LogP contribution in [0.4, 0.5) is 17.1 Å². The molecule has 0 unspecified atom stereocenters. The van der Waals surface area contributed by atoms with Gasteiger partial charge in [0.15, 0.2) is 11.9 Å². The van der Waals surface area contributed by atoms with Gasteiger partial charge in [0.25, 0.3) is 16.0 Å². The van der Waals surface area contributed by atoms with Crippen molar-refractivity contribution in [1.29, 1.82) is 0 Å². The number of benzene rings is 4. The maximum atomic E-state index is 11.8. The highest BCUT2D eigenvalue weighted by Gasteiger charge is 2.10. The van der Waals surface area contributed by atoms with Crippen LogP contribution in [-0.4, -0.2) is 29.1 Å². The van der Waals surface area contributed by atoms with Gasteiger partial charge >= 0.3 is 0 Å². The topological polar surface area (TPSA) is 153 Å². The normalized spacial score (nSPS) is 11.2. The highest BCUT2D eigenvalue weighted by molar-refractivity contribution is 9.10. The van der Waals surface area contributed by atoms with E-state index in [0.717, 1.165) is 15.5 Å². The molecular weight excluding hydrogens is 612 g/mol. The van der Waals surface area contributed by atoms with E-state index in [1.165, 1.54) is 36.5 Å². The molecule has 0 saturated heterocycles. The molecule has 1 aromatic heterocycles. The smallest absolute Gasteiger partial charge is 0.294 e. The molecule has 0 aliphatic rings. The molecule has 1 heterocycles. The highest BCUT2D eigenvalue weighted by atomic mass is 79.9. The van der Waals surface area contributed by atoms with E-state index in [1.807, 2.05) is 42.5 Å². The Morgan fingerprint density at radius 3 is 2.17 bits per heavy atom. The van der Waals surface area contributed by atoms with E-state index >= 15 is 0 Å². The maximum Gasteiger partial charge on any atom is 0.294 e. The summed E-state index contributed by atoms with van der Waals surface area (Å²) < 4.78 is 33.5. The lowest BCUT2D eigenvalue weighted by molar-refractivity contribution is -0.684. The van der Waals surface area contributed by atoms with Gasteiger partial charge in [0.05, 0.1) is 16.3 Å². The van der Waals surface area contributed by atoms with Crippen molar-refractivity contribution >= 4 is 59.8 Å². The van der Waals surface area contributed by atoms with Gasteiger partial charge in [0.2, 0.25) is 12.7 Å².